The maximum Gasteiger partial charge on any atom is 0.0545 e. The molecule has 1 rings (SSSR count). The lowest BCUT2D eigenvalue weighted by Gasteiger charge is -2.28. The molecule has 2 nitrogen and oxygen atoms in total. The molecule has 2 N–H and O–H groups in total. The highest BCUT2D eigenvalue weighted by atomic mass is 16.3. The van der Waals surface area contributed by atoms with Gasteiger partial charge < -0.3 is 10.2 Å². The van der Waals surface area contributed by atoms with Gasteiger partial charge in [0.2, 0.25) is 0 Å². The Balaban J connectivity index is 2.52. The second kappa shape index (κ2) is 8.16. The minimum absolute atomic E-state index is 0.120. The van der Waals surface area contributed by atoms with Crippen LogP contribution in [0.2, 0.25) is 0 Å². The maximum atomic E-state index is 10.0. The molecule has 108 valence electrons. The van der Waals surface area contributed by atoms with Crippen molar-refractivity contribution in [3.8, 4) is 0 Å². The number of rotatable bonds is 6. The fourth-order valence-corrected chi connectivity index (χ4v) is 3.57. The highest BCUT2D eigenvalue weighted by Gasteiger charge is 2.28. The predicted molar refractivity (Wildman–Crippen MR) is 76.4 cm³/mol. The average Bonchev–Trinajstić information content (AvgIpc) is 2.47. The first-order valence-electron chi connectivity index (χ1n) is 7.92. The number of hydrogen-bond donors (Lipinski definition) is 2. The first-order chi connectivity index (χ1) is 8.56. The third-order valence-electron chi connectivity index (χ3n) is 4.67. The van der Waals surface area contributed by atoms with Crippen LogP contribution in [0, 0.1) is 17.8 Å². The molecule has 1 aliphatic rings. The Bertz CT molecular complexity index is 217. The summed E-state index contributed by atoms with van der Waals surface area (Å²) < 4.78 is 0. The van der Waals surface area contributed by atoms with Gasteiger partial charge in [-0.05, 0) is 49.9 Å². The Labute approximate surface area is 113 Å². The van der Waals surface area contributed by atoms with Crippen molar-refractivity contribution in [1.82, 2.24) is 0 Å². The van der Waals surface area contributed by atoms with Crippen molar-refractivity contribution in [1.29, 1.82) is 0 Å². The van der Waals surface area contributed by atoms with Crippen LogP contribution in [0.5, 0.6) is 0 Å². The van der Waals surface area contributed by atoms with E-state index >= 15 is 0 Å². The zero-order valence-electron chi connectivity index (χ0n) is 12.4. The molecular formula is C16H32O2. The van der Waals surface area contributed by atoms with Crippen LogP contribution in [0.15, 0.2) is 0 Å². The van der Waals surface area contributed by atoms with Crippen LogP contribution in [0.25, 0.3) is 0 Å². The summed E-state index contributed by atoms with van der Waals surface area (Å²) in [6.07, 6.45) is 8.15. The van der Waals surface area contributed by atoms with Crippen molar-refractivity contribution in [2.75, 3.05) is 0 Å². The smallest absolute Gasteiger partial charge is 0.0545 e. The molecule has 0 amide bonds. The molecule has 0 aliphatic heterocycles. The summed E-state index contributed by atoms with van der Waals surface area (Å²) in [7, 11) is 0. The monoisotopic (exact) mass is 256 g/mol. The lowest BCUT2D eigenvalue weighted by atomic mass is 9.80. The summed E-state index contributed by atoms with van der Waals surface area (Å²) in [6.45, 7) is 6.60. The van der Waals surface area contributed by atoms with E-state index in [4.69, 9.17) is 0 Å². The van der Waals surface area contributed by atoms with Gasteiger partial charge in [0.05, 0.1) is 12.2 Å². The van der Waals surface area contributed by atoms with Gasteiger partial charge in [0, 0.05) is 0 Å². The van der Waals surface area contributed by atoms with E-state index in [1.165, 1.54) is 12.8 Å². The van der Waals surface area contributed by atoms with E-state index in [0.29, 0.717) is 17.8 Å². The lowest BCUT2D eigenvalue weighted by Crippen LogP contribution is -2.23. The summed E-state index contributed by atoms with van der Waals surface area (Å²) in [5.74, 6) is 1.86. The predicted octanol–water partition coefficient (Wildman–Crippen LogP) is 3.75. The van der Waals surface area contributed by atoms with E-state index in [1.54, 1.807) is 0 Å². The zero-order chi connectivity index (χ0) is 13.5. The van der Waals surface area contributed by atoms with Crippen LogP contribution < -0.4 is 0 Å². The van der Waals surface area contributed by atoms with Crippen molar-refractivity contribution < 1.29 is 10.2 Å². The summed E-state index contributed by atoms with van der Waals surface area (Å²) >= 11 is 0. The molecule has 0 radical (unpaired) electrons. The molecule has 1 aliphatic carbocycles. The Kier molecular flexibility index (Phi) is 7.25. The van der Waals surface area contributed by atoms with E-state index in [9.17, 15) is 10.2 Å². The summed E-state index contributed by atoms with van der Waals surface area (Å²) in [5, 5.41) is 20.1. The molecule has 0 bridgehead atoms. The Morgan fingerprint density at radius 2 is 1.89 bits per heavy atom. The standard InChI is InChI=1S/C16H32O2/c1-4-6-15(17)10-13(5-2)14-8-7-12(3)9-16(18)11-14/h12-18H,4-11H2,1-3H3. The van der Waals surface area contributed by atoms with Gasteiger partial charge in [-0.15, -0.1) is 0 Å². The van der Waals surface area contributed by atoms with Gasteiger partial charge in [0.15, 0.2) is 0 Å². The van der Waals surface area contributed by atoms with Gasteiger partial charge in [0.25, 0.3) is 0 Å². The van der Waals surface area contributed by atoms with Gasteiger partial charge in [-0.2, -0.15) is 0 Å². The van der Waals surface area contributed by atoms with Gasteiger partial charge in [-0.1, -0.05) is 40.0 Å². The highest BCUT2D eigenvalue weighted by molar-refractivity contribution is 4.79. The quantitative estimate of drug-likeness (QED) is 0.711. The van der Waals surface area contributed by atoms with E-state index in [-0.39, 0.29) is 12.2 Å². The van der Waals surface area contributed by atoms with Crippen LogP contribution in [0.4, 0.5) is 0 Å². The van der Waals surface area contributed by atoms with E-state index in [1.807, 2.05) is 0 Å². The minimum atomic E-state index is -0.141. The van der Waals surface area contributed by atoms with Crippen molar-refractivity contribution in [2.45, 2.75) is 84.3 Å². The van der Waals surface area contributed by atoms with Gasteiger partial charge >= 0.3 is 0 Å². The molecule has 1 saturated carbocycles. The summed E-state index contributed by atoms with van der Waals surface area (Å²) in [6, 6.07) is 0. The van der Waals surface area contributed by atoms with Gasteiger partial charge in [-0.3, -0.25) is 0 Å². The van der Waals surface area contributed by atoms with E-state index < -0.39 is 0 Å². The van der Waals surface area contributed by atoms with Crippen LogP contribution in [-0.4, -0.2) is 22.4 Å². The summed E-state index contributed by atoms with van der Waals surface area (Å²) in [4.78, 5) is 0. The van der Waals surface area contributed by atoms with Crippen LogP contribution in [0.1, 0.15) is 72.1 Å². The third kappa shape index (κ3) is 5.27. The second-order valence-corrected chi connectivity index (χ2v) is 6.41. The fraction of sp³-hybridized carbons (Fsp3) is 1.00. The normalized spacial score (nSPS) is 32.8. The Morgan fingerprint density at radius 1 is 1.17 bits per heavy atom. The number of aliphatic hydroxyl groups is 2. The van der Waals surface area contributed by atoms with Gasteiger partial charge in [0.1, 0.15) is 0 Å². The van der Waals surface area contributed by atoms with Crippen molar-refractivity contribution in [3.05, 3.63) is 0 Å². The third-order valence-corrected chi connectivity index (χ3v) is 4.67. The molecule has 5 unspecified atom stereocenters. The molecule has 0 saturated heterocycles. The zero-order valence-corrected chi connectivity index (χ0v) is 12.4. The molecule has 0 heterocycles. The first kappa shape index (κ1) is 16.0. The Morgan fingerprint density at radius 3 is 2.50 bits per heavy atom. The molecule has 18 heavy (non-hydrogen) atoms. The second-order valence-electron chi connectivity index (χ2n) is 6.41. The highest BCUT2D eigenvalue weighted by Crippen LogP contribution is 2.35. The molecule has 0 aromatic heterocycles. The number of aliphatic hydroxyl groups excluding tert-OH is 2. The molecule has 0 aromatic carbocycles. The van der Waals surface area contributed by atoms with E-state index in [2.05, 4.69) is 20.8 Å². The number of hydrogen-bond acceptors (Lipinski definition) is 2. The fourth-order valence-electron chi connectivity index (χ4n) is 3.57. The largest absolute Gasteiger partial charge is 0.393 e. The average molecular weight is 256 g/mol. The molecule has 1 fully saturated rings. The van der Waals surface area contributed by atoms with Crippen molar-refractivity contribution >= 4 is 0 Å². The van der Waals surface area contributed by atoms with Crippen molar-refractivity contribution in [2.24, 2.45) is 17.8 Å². The van der Waals surface area contributed by atoms with Crippen molar-refractivity contribution in [3.63, 3.8) is 0 Å². The minimum Gasteiger partial charge on any atom is -0.393 e. The topological polar surface area (TPSA) is 40.5 Å². The molecule has 5 atom stereocenters. The van der Waals surface area contributed by atoms with Gasteiger partial charge in [-0.25, -0.2) is 0 Å². The maximum absolute atomic E-state index is 10.0. The van der Waals surface area contributed by atoms with Crippen LogP contribution in [0.3, 0.4) is 0 Å². The van der Waals surface area contributed by atoms with Crippen LogP contribution >= 0.6 is 0 Å². The van der Waals surface area contributed by atoms with E-state index in [0.717, 1.165) is 38.5 Å². The lowest BCUT2D eigenvalue weighted by molar-refractivity contribution is 0.0845. The first-order valence-corrected chi connectivity index (χ1v) is 7.92. The summed E-state index contributed by atoms with van der Waals surface area (Å²) in [5.41, 5.74) is 0. The SMILES string of the molecule is CCCC(O)CC(CC)C1CCC(C)CC(O)C1. The van der Waals surface area contributed by atoms with Crippen LogP contribution in [-0.2, 0) is 0 Å². The molecule has 2 heteroatoms. The Hall–Kier alpha value is -0.0800. The molecule has 0 aromatic rings. The molecular weight excluding hydrogens is 224 g/mol. The molecule has 0 spiro atoms.